The minimum absolute atomic E-state index is 0.0631. The van der Waals surface area contributed by atoms with Crippen molar-refractivity contribution in [1.29, 1.82) is 0 Å². The number of carbonyl (C=O) groups is 2. The molecule has 0 aromatic heterocycles. The van der Waals surface area contributed by atoms with E-state index in [2.05, 4.69) is 17.9 Å². The Morgan fingerprint density at radius 3 is 2.82 bits per heavy atom. The monoisotopic (exact) mass is 424 g/mol. The Hall–Kier alpha value is -1.70. The van der Waals surface area contributed by atoms with Crippen LogP contribution in [0.3, 0.4) is 0 Å². The van der Waals surface area contributed by atoms with E-state index < -0.39 is 0 Å². The highest BCUT2D eigenvalue weighted by Crippen LogP contribution is 2.28. The Kier molecular flexibility index (Phi) is 7.26. The molecule has 28 heavy (non-hydrogen) atoms. The topological polar surface area (TPSA) is 54.3 Å². The van der Waals surface area contributed by atoms with E-state index in [1.807, 2.05) is 12.1 Å². The van der Waals surface area contributed by atoms with Crippen LogP contribution >= 0.6 is 23.4 Å². The van der Waals surface area contributed by atoms with Crippen LogP contribution in [0.5, 0.6) is 0 Å². The fraction of sp³-hybridized carbons (Fsp3) is 0.500. The van der Waals surface area contributed by atoms with Crippen molar-refractivity contribution >= 4 is 40.9 Å². The van der Waals surface area contributed by atoms with Crippen molar-refractivity contribution in [3.05, 3.63) is 39.9 Å². The average molecular weight is 425 g/mol. The van der Waals surface area contributed by atoms with Gasteiger partial charge >= 0.3 is 5.97 Å². The summed E-state index contributed by atoms with van der Waals surface area (Å²) >= 11 is 7.57. The molecule has 1 aromatic rings. The third kappa shape index (κ3) is 5.21. The number of amides is 1. The molecule has 0 aliphatic carbocycles. The Balaban J connectivity index is 1.52. The summed E-state index contributed by atoms with van der Waals surface area (Å²) in [5.41, 5.74) is 2.44. The number of thioether (sulfide) groups is 1. The Morgan fingerprint density at radius 2 is 2.11 bits per heavy atom. The van der Waals surface area contributed by atoms with Crippen LogP contribution in [0.15, 0.2) is 29.3 Å². The van der Waals surface area contributed by atoms with Crippen molar-refractivity contribution in [3.8, 4) is 0 Å². The first-order valence-electron chi connectivity index (χ1n) is 9.64. The molecule has 0 unspecified atom stereocenters. The van der Waals surface area contributed by atoms with Gasteiger partial charge in [0.05, 0.1) is 62.7 Å². The van der Waals surface area contributed by atoms with Crippen molar-refractivity contribution in [2.75, 3.05) is 56.5 Å². The molecule has 2 aliphatic rings. The molecular weight excluding hydrogens is 398 g/mol. The van der Waals surface area contributed by atoms with Gasteiger partial charge in [-0.15, -0.1) is 0 Å². The van der Waals surface area contributed by atoms with Gasteiger partial charge in [-0.25, -0.2) is 4.79 Å². The Bertz CT molecular complexity index is 763. The van der Waals surface area contributed by atoms with E-state index in [9.17, 15) is 9.59 Å². The van der Waals surface area contributed by atoms with E-state index in [1.54, 1.807) is 11.8 Å². The first-order valence-corrected chi connectivity index (χ1v) is 11.0. The van der Waals surface area contributed by atoms with Gasteiger partial charge in [-0.1, -0.05) is 29.4 Å². The van der Waals surface area contributed by atoms with Crippen molar-refractivity contribution < 1.29 is 19.2 Å². The molecule has 2 aliphatic heterocycles. The number of ether oxygens (including phenoxy) is 1. The number of hydrogen-bond acceptors (Lipinski definition) is 5. The molecule has 3 rings (SSSR count). The lowest BCUT2D eigenvalue weighted by molar-refractivity contribution is -0.899. The second-order valence-electron chi connectivity index (χ2n) is 6.99. The van der Waals surface area contributed by atoms with Gasteiger partial charge in [0.1, 0.15) is 0 Å². The van der Waals surface area contributed by atoms with Gasteiger partial charge in [0.25, 0.3) is 0 Å². The predicted octanol–water partition coefficient (Wildman–Crippen LogP) is 1.33. The van der Waals surface area contributed by atoms with Crippen LogP contribution in [0.2, 0.25) is 5.02 Å². The van der Waals surface area contributed by atoms with E-state index in [-0.39, 0.29) is 11.9 Å². The molecule has 1 N–H and O–H groups in total. The number of anilines is 1. The molecule has 152 valence electrons. The molecule has 0 bridgehead atoms. The number of rotatable bonds is 6. The highest BCUT2D eigenvalue weighted by Gasteiger charge is 2.29. The smallest absolute Gasteiger partial charge is 0.333 e. The van der Waals surface area contributed by atoms with E-state index in [0.29, 0.717) is 23.9 Å². The summed E-state index contributed by atoms with van der Waals surface area (Å²) in [7, 11) is 0. The number of nitrogens with zero attached hydrogens (tertiary/aromatic N) is 2. The molecule has 2 heterocycles. The van der Waals surface area contributed by atoms with Crippen LogP contribution in [0.1, 0.15) is 12.5 Å². The summed E-state index contributed by atoms with van der Waals surface area (Å²) in [5, 5.41) is 1.47. The van der Waals surface area contributed by atoms with Gasteiger partial charge < -0.3 is 19.4 Å². The van der Waals surface area contributed by atoms with Crippen LogP contribution in [-0.2, 0) is 14.3 Å². The van der Waals surface area contributed by atoms with Crippen molar-refractivity contribution in [2.45, 2.75) is 13.8 Å². The SMILES string of the molecule is CCOC(=O)/C=C1\SCC(=O)N1CC[NH+]1CCN(c2cc(Cl)ccc2C)CC1. The molecule has 1 aromatic carbocycles. The lowest BCUT2D eigenvalue weighted by Crippen LogP contribution is -3.15. The normalized spacial score (nSPS) is 19.5. The summed E-state index contributed by atoms with van der Waals surface area (Å²) in [4.78, 5) is 29.5. The first kappa shape index (κ1) is 21.0. The lowest BCUT2D eigenvalue weighted by atomic mass is 10.1. The van der Waals surface area contributed by atoms with Gasteiger partial charge in [0.15, 0.2) is 0 Å². The maximum Gasteiger partial charge on any atom is 0.333 e. The molecule has 0 spiro atoms. The molecule has 2 saturated heterocycles. The summed E-state index contributed by atoms with van der Waals surface area (Å²) in [5.74, 6) is 0.0678. The van der Waals surface area contributed by atoms with Crippen LogP contribution in [-0.4, -0.2) is 68.4 Å². The quantitative estimate of drug-likeness (QED) is 0.551. The number of halogens is 1. The largest absolute Gasteiger partial charge is 0.463 e. The summed E-state index contributed by atoms with van der Waals surface area (Å²) in [6.45, 7) is 9.67. The fourth-order valence-corrected chi connectivity index (χ4v) is 4.68. The Labute approximate surface area is 175 Å². The highest BCUT2D eigenvalue weighted by atomic mass is 35.5. The minimum Gasteiger partial charge on any atom is -0.463 e. The number of benzene rings is 1. The van der Waals surface area contributed by atoms with Gasteiger partial charge in [0, 0.05) is 10.7 Å². The van der Waals surface area contributed by atoms with Gasteiger partial charge in [-0.3, -0.25) is 4.79 Å². The van der Waals surface area contributed by atoms with Gasteiger partial charge in [-0.2, -0.15) is 0 Å². The zero-order valence-electron chi connectivity index (χ0n) is 16.4. The lowest BCUT2D eigenvalue weighted by Gasteiger charge is -2.35. The highest BCUT2D eigenvalue weighted by molar-refractivity contribution is 8.04. The molecule has 8 heteroatoms. The zero-order chi connectivity index (χ0) is 20.1. The number of nitrogens with one attached hydrogen (secondary N) is 1. The predicted molar refractivity (Wildman–Crippen MR) is 113 cm³/mol. The molecule has 1 amide bonds. The maximum atomic E-state index is 12.2. The second kappa shape index (κ2) is 9.67. The van der Waals surface area contributed by atoms with E-state index >= 15 is 0 Å². The maximum absolute atomic E-state index is 12.2. The number of aryl methyl sites for hydroxylation is 1. The van der Waals surface area contributed by atoms with Gasteiger partial charge in [-0.05, 0) is 31.5 Å². The van der Waals surface area contributed by atoms with Crippen LogP contribution in [0.25, 0.3) is 0 Å². The third-order valence-corrected chi connectivity index (χ3v) is 6.37. The van der Waals surface area contributed by atoms with E-state index in [1.165, 1.54) is 34.0 Å². The van der Waals surface area contributed by atoms with Crippen LogP contribution in [0.4, 0.5) is 5.69 Å². The summed E-state index contributed by atoms with van der Waals surface area (Å²) in [6, 6.07) is 6.02. The molecule has 0 saturated carbocycles. The molecular formula is C20H27ClN3O3S+. The number of carbonyl (C=O) groups excluding carboxylic acids is 2. The molecule has 0 radical (unpaired) electrons. The van der Waals surface area contributed by atoms with Crippen LogP contribution < -0.4 is 9.80 Å². The average Bonchev–Trinajstić information content (AvgIpc) is 3.02. The van der Waals surface area contributed by atoms with Crippen molar-refractivity contribution in [3.63, 3.8) is 0 Å². The van der Waals surface area contributed by atoms with E-state index in [4.69, 9.17) is 16.3 Å². The van der Waals surface area contributed by atoms with Crippen molar-refractivity contribution in [1.82, 2.24) is 4.90 Å². The molecule has 0 atom stereocenters. The third-order valence-electron chi connectivity index (χ3n) is 5.11. The molecule has 2 fully saturated rings. The fourth-order valence-electron chi connectivity index (χ4n) is 3.56. The number of hydrogen-bond donors (Lipinski definition) is 1. The Morgan fingerprint density at radius 1 is 1.36 bits per heavy atom. The number of quaternary nitrogens is 1. The van der Waals surface area contributed by atoms with Crippen molar-refractivity contribution in [2.24, 2.45) is 0 Å². The number of esters is 1. The second-order valence-corrected chi connectivity index (χ2v) is 8.42. The summed E-state index contributed by atoms with van der Waals surface area (Å²) < 4.78 is 4.97. The standard InChI is InChI=1S/C20H26ClN3O3S/c1-3-27-20(26)13-19-24(18(25)14-28-19)11-8-22-6-9-23(10-7-22)17-12-16(21)5-4-15(17)2/h4-5,12-13H,3,6-11,14H2,1-2H3/p+1/b19-13-. The van der Waals surface area contributed by atoms with Crippen LogP contribution in [0, 0.1) is 6.92 Å². The molecule has 6 nitrogen and oxygen atoms in total. The summed E-state index contributed by atoms with van der Waals surface area (Å²) in [6.07, 6.45) is 1.44. The minimum atomic E-state index is -0.387. The zero-order valence-corrected chi connectivity index (χ0v) is 17.9. The van der Waals surface area contributed by atoms with Gasteiger partial charge in [0.2, 0.25) is 5.91 Å². The van der Waals surface area contributed by atoms with E-state index in [0.717, 1.165) is 37.7 Å². The number of piperazine rings is 1. The first-order chi connectivity index (χ1) is 13.5.